The van der Waals surface area contributed by atoms with Crippen LogP contribution in [0, 0.1) is 22.7 Å². The molecule has 0 atom stereocenters. The van der Waals surface area contributed by atoms with Gasteiger partial charge >= 0.3 is 0 Å². The number of rotatable bonds is 4. The summed E-state index contributed by atoms with van der Waals surface area (Å²) in [6.45, 7) is 0. The number of hydrogen-bond donors (Lipinski definition) is 0. The zero-order valence-electron chi connectivity index (χ0n) is 29.4. The molecule has 5 heteroatoms. The monoisotopic (exact) mass is 700 g/mol. The quantitative estimate of drug-likeness (QED) is 0.183. The SMILES string of the molecule is N#Cc1cc(-c2ccccc2)cc(-c2ccc(-n3c4ccccc4c4c5c(c6ccccc6n5-c5ccccc5)c5oc6ccccc6c5c43)c(C#N)c2)c1. The maximum absolute atomic E-state index is 10.9. The largest absolute Gasteiger partial charge is 0.455 e. The minimum atomic E-state index is 0.522. The molecule has 5 nitrogen and oxygen atoms in total. The lowest BCUT2D eigenvalue weighted by Gasteiger charge is -2.14. The molecule has 0 saturated heterocycles. The van der Waals surface area contributed by atoms with Crippen LogP contribution < -0.4 is 0 Å². The molecule has 0 aliphatic heterocycles. The van der Waals surface area contributed by atoms with Gasteiger partial charge in [-0.15, -0.1) is 0 Å². The third kappa shape index (κ3) is 4.45. The third-order valence-electron chi connectivity index (χ3n) is 10.9. The topological polar surface area (TPSA) is 70.6 Å². The number of aromatic nitrogens is 2. The van der Waals surface area contributed by atoms with Gasteiger partial charge < -0.3 is 13.6 Å². The molecule has 0 bridgehead atoms. The molecule has 3 aromatic heterocycles. The summed E-state index contributed by atoms with van der Waals surface area (Å²) in [4.78, 5) is 0. The van der Waals surface area contributed by atoms with E-state index in [4.69, 9.17) is 4.42 Å². The first-order valence-electron chi connectivity index (χ1n) is 18.2. The summed E-state index contributed by atoms with van der Waals surface area (Å²) < 4.78 is 11.5. The van der Waals surface area contributed by atoms with Gasteiger partial charge in [-0.1, -0.05) is 109 Å². The highest BCUT2D eigenvalue weighted by atomic mass is 16.3. The van der Waals surface area contributed by atoms with Crippen molar-refractivity contribution in [2.24, 2.45) is 0 Å². The number of para-hydroxylation sites is 4. The molecule has 0 N–H and O–H groups in total. The van der Waals surface area contributed by atoms with Crippen molar-refractivity contribution in [1.29, 1.82) is 10.5 Å². The second-order valence-corrected chi connectivity index (χ2v) is 13.9. The van der Waals surface area contributed by atoms with Crippen molar-refractivity contribution in [3.63, 3.8) is 0 Å². The molecule has 11 aromatic rings. The Bertz CT molecular complexity index is 3440. The van der Waals surface area contributed by atoms with Crippen molar-refractivity contribution in [2.75, 3.05) is 0 Å². The van der Waals surface area contributed by atoms with Gasteiger partial charge in [-0.2, -0.15) is 10.5 Å². The number of fused-ring (bicyclic) bond motifs is 12. The van der Waals surface area contributed by atoms with E-state index in [0.717, 1.165) is 99.2 Å². The van der Waals surface area contributed by atoms with E-state index >= 15 is 0 Å². The summed E-state index contributed by atoms with van der Waals surface area (Å²) in [7, 11) is 0. The second kappa shape index (κ2) is 11.8. The number of hydrogen-bond acceptors (Lipinski definition) is 3. The highest BCUT2D eigenvalue weighted by Gasteiger charge is 2.28. The lowest BCUT2D eigenvalue weighted by molar-refractivity contribution is 0.673. The van der Waals surface area contributed by atoms with Gasteiger partial charge in [-0.25, -0.2) is 0 Å². The van der Waals surface area contributed by atoms with Crippen molar-refractivity contribution in [1.82, 2.24) is 9.13 Å². The Morgan fingerprint density at radius 3 is 1.75 bits per heavy atom. The van der Waals surface area contributed by atoms with Crippen molar-refractivity contribution in [3.8, 4) is 45.8 Å². The van der Waals surface area contributed by atoms with Crippen LogP contribution in [-0.4, -0.2) is 9.13 Å². The maximum atomic E-state index is 10.9. The number of benzene rings is 8. The molecule has 254 valence electrons. The third-order valence-corrected chi connectivity index (χ3v) is 10.9. The van der Waals surface area contributed by atoms with Crippen LogP contribution in [0.3, 0.4) is 0 Å². The number of furan rings is 1. The summed E-state index contributed by atoms with van der Waals surface area (Å²) in [5.41, 5.74) is 12.4. The van der Waals surface area contributed by atoms with E-state index in [-0.39, 0.29) is 0 Å². The van der Waals surface area contributed by atoms with Gasteiger partial charge in [-0.05, 0) is 82.9 Å². The van der Waals surface area contributed by atoms with Crippen LogP contribution in [0.4, 0.5) is 0 Å². The van der Waals surface area contributed by atoms with Gasteiger partial charge in [0.25, 0.3) is 0 Å². The maximum Gasteiger partial charge on any atom is 0.147 e. The van der Waals surface area contributed by atoms with Gasteiger partial charge in [0, 0.05) is 27.2 Å². The Hall–Kier alpha value is -7.86. The predicted molar refractivity (Wildman–Crippen MR) is 223 cm³/mol. The van der Waals surface area contributed by atoms with Gasteiger partial charge in [-0.3, -0.25) is 0 Å². The lowest BCUT2D eigenvalue weighted by Crippen LogP contribution is -1.99. The normalized spacial score (nSPS) is 11.6. The number of nitrogens with zero attached hydrogens (tertiary/aromatic N) is 4. The molecule has 55 heavy (non-hydrogen) atoms. The first kappa shape index (κ1) is 30.7. The molecule has 3 heterocycles. The van der Waals surface area contributed by atoms with Crippen molar-refractivity contribution in [2.45, 2.75) is 0 Å². The summed E-state index contributed by atoms with van der Waals surface area (Å²) in [6.07, 6.45) is 0. The van der Waals surface area contributed by atoms with E-state index in [9.17, 15) is 10.5 Å². The standard InChI is InChI=1S/C50H28N4O/c51-29-31-25-34(32-13-3-1-4-14-32)28-35(26-31)33-23-24-41(36(27-33)30-52)54-43-21-11-7-17-38(43)45-48-46(50-47(49(45)54)40-19-9-12-22-44(40)55-50)39-18-8-10-20-42(39)53(48)37-15-5-2-6-16-37/h1-28H. The summed E-state index contributed by atoms with van der Waals surface area (Å²) in [5, 5.41) is 27.3. The first-order valence-corrected chi connectivity index (χ1v) is 18.2. The summed E-state index contributed by atoms with van der Waals surface area (Å²) in [6, 6.07) is 62.7. The minimum absolute atomic E-state index is 0.522. The Balaban J connectivity index is 1.29. The molecule has 0 radical (unpaired) electrons. The van der Waals surface area contributed by atoms with Crippen molar-refractivity contribution < 1.29 is 4.42 Å². The smallest absolute Gasteiger partial charge is 0.147 e. The highest BCUT2D eigenvalue weighted by Crippen LogP contribution is 2.49. The lowest BCUT2D eigenvalue weighted by atomic mass is 9.95. The fourth-order valence-electron chi connectivity index (χ4n) is 8.63. The molecule has 0 amide bonds. The molecule has 8 aromatic carbocycles. The van der Waals surface area contributed by atoms with E-state index in [2.05, 4.69) is 118 Å². The van der Waals surface area contributed by atoms with Crippen LogP contribution in [0.2, 0.25) is 0 Å². The van der Waals surface area contributed by atoms with Crippen LogP contribution in [0.1, 0.15) is 11.1 Å². The average Bonchev–Trinajstić information content (AvgIpc) is 3.92. The molecular weight excluding hydrogens is 673 g/mol. The van der Waals surface area contributed by atoms with Crippen molar-refractivity contribution in [3.05, 3.63) is 181 Å². The Morgan fingerprint density at radius 1 is 0.436 bits per heavy atom. The van der Waals surface area contributed by atoms with E-state index in [1.807, 2.05) is 72.8 Å². The first-order chi connectivity index (χ1) is 27.2. The van der Waals surface area contributed by atoms with Crippen LogP contribution in [-0.2, 0) is 0 Å². The Morgan fingerprint density at radius 2 is 1.02 bits per heavy atom. The molecular formula is C50H28N4O. The average molecular weight is 701 g/mol. The van der Waals surface area contributed by atoms with Gasteiger partial charge in [0.05, 0.1) is 55.7 Å². The molecule has 0 spiro atoms. The number of nitriles is 2. The molecule has 0 aliphatic rings. The zero-order chi connectivity index (χ0) is 36.6. The molecule has 0 fully saturated rings. The van der Waals surface area contributed by atoms with Gasteiger partial charge in [0.2, 0.25) is 0 Å². The fraction of sp³-hybridized carbons (Fsp3) is 0. The van der Waals surface area contributed by atoms with E-state index in [1.165, 1.54) is 0 Å². The molecule has 0 saturated carbocycles. The predicted octanol–water partition coefficient (Wildman–Crippen LogP) is 12.9. The van der Waals surface area contributed by atoms with E-state index in [0.29, 0.717) is 11.1 Å². The van der Waals surface area contributed by atoms with Crippen molar-refractivity contribution >= 4 is 65.6 Å². The second-order valence-electron chi connectivity index (χ2n) is 13.9. The summed E-state index contributed by atoms with van der Waals surface area (Å²) >= 11 is 0. The van der Waals surface area contributed by atoms with Crippen LogP contribution in [0.15, 0.2) is 174 Å². The van der Waals surface area contributed by atoms with Crippen LogP contribution in [0.5, 0.6) is 0 Å². The zero-order valence-corrected chi connectivity index (χ0v) is 29.4. The highest BCUT2D eigenvalue weighted by molar-refractivity contribution is 6.39. The van der Waals surface area contributed by atoms with E-state index < -0.39 is 0 Å². The van der Waals surface area contributed by atoms with Crippen LogP contribution in [0.25, 0.3) is 99.2 Å². The molecule has 11 rings (SSSR count). The van der Waals surface area contributed by atoms with Gasteiger partial charge in [0.1, 0.15) is 17.2 Å². The molecule has 0 unspecified atom stereocenters. The Labute approximate surface area is 315 Å². The summed E-state index contributed by atoms with van der Waals surface area (Å²) in [5.74, 6) is 0. The minimum Gasteiger partial charge on any atom is -0.455 e. The fourth-order valence-corrected chi connectivity index (χ4v) is 8.63. The molecule has 0 aliphatic carbocycles. The van der Waals surface area contributed by atoms with Crippen LogP contribution >= 0.6 is 0 Å². The Kier molecular flexibility index (Phi) is 6.61. The van der Waals surface area contributed by atoms with Gasteiger partial charge in [0.15, 0.2) is 0 Å². The van der Waals surface area contributed by atoms with E-state index in [1.54, 1.807) is 0 Å².